The second kappa shape index (κ2) is 15.3. The lowest BCUT2D eigenvalue weighted by atomic mass is 9.41. The number of hydrogen-bond acceptors (Lipinski definition) is 2. The van der Waals surface area contributed by atoms with E-state index < -0.39 is 0 Å². The van der Waals surface area contributed by atoms with E-state index in [9.17, 15) is 0 Å². The van der Waals surface area contributed by atoms with Gasteiger partial charge in [-0.15, -0.1) is 26.3 Å². The van der Waals surface area contributed by atoms with Gasteiger partial charge in [-0.25, -0.2) is 0 Å². The average Bonchev–Trinajstić information content (AvgIpc) is 3.10. The molecule has 0 spiro atoms. The second-order valence-electron chi connectivity index (χ2n) is 13.3. The molecule has 3 aliphatic rings. The van der Waals surface area contributed by atoms with Crippen molar-refractivity contribution in [2.75, 3.05) is 0 Å². The fourth-order valence-electron chi connectivity index (χ4n) is 9.08. The van der Waals surface area contributed by atoms with Gasteiger partial charge in [0.1, 0.15) is 4.99 Å². The van der Waals surface area contributed by atoms with Crippen molar-refractivity contribution in [2.24, 2.45) is 28.4 Å². The Balaban J connectivity index is 0.000000987. The summed E-state index contributed by atoms with van der Waals surface area (Å²) >= 11 is 11.9. The predicted molar refractivity (Wildman–Crippen MR) is 222 cm³/mol. The zero-order valence-electron chi connectivity index (χ0n) is 30.7. The van der Waals surface area contributed by atoms with E-state index in [-0.39, 0.29) is 10.8 Å². The van der Waals surface area contributed by atoms with Gasteiger partial charge in [0.2, 0.25) is 0 Å². The largest absolute Gasteiger partial charge is 0.389 e. The van der Waals surface area contributed by atoms with E-state index in [1.54, 1.807) is 0 Å². The van der Waals surface area contributed by atoms with E-state index in [4.69, 9.17) is 36.7 Å². The Morgan fingerprint density at radius 1 is 0.833 bits per heavy atom. The third-order valence-electron chi connectivity index (χ3n) is 11.6. The molecule has 0 aromatic heterocycles. The minimum absolute atomic E-state index is 0.0708. The first kappa shape index (κ1) is 38.8. The summed E-state index contributed by atoms with van der Waals surface area (Å²) < 4.78 is 0. The van der Waals surface area contributed by atoms with Crippen molar-refractivity contribution < 1.29 is 0 Å². The fourth-order valence-corrected chi connectivity index (χ4v) is 10.1. The highest BCUT2D eigenvalue weighted by Gasteiger charge is 2.62. The van der Waals surface area contributed by atoms with Crippen molar-refractivity contribution in [3.63, 3.8) is 0 Å². The zero-order valence-corrected chi connectivity index (χ0v) is 32.4. The third-order valence-corrected chi connectivity index (χ3v) is 12.4. The van der Waals surface area contributed by atoms with Crippen LogP contribution in [0.3, 0.4) is 0 Å². The van der Waals surface area contributed by atoms with Gasteiger partial charge in [0.25, 0.3) is 0 Å². The normalized spacial score (nSPS) is 25.5. The minimum Gasteiger partial charge on any atom is -0.389 e. The van der Waals surface area contributed by atoms with E-state index >= 15 is 0 Å². The number of hydrogen-bond donors (Lipinski definition) is 1. The second-order valence-corrected chi connectivity index (χ2v) is 14.2. The fraction of sp³-hybridized carbons (Fsp3) is 0.333. The molecule has 0 heterocycles. The van der Waals surface area contributed by atoms with E-state index in [1.165, 1.54) is 55.7 Å². The van der Waals surface area contributed by atoms with Crippen molar-refractivity contribution >= 4 is 39.9 Å². The zero-order chi connectivity index (χ0) is 36.3. The molecular formula is C45H55NS2. The molecule has 3 heteroatoms. The first-order valence-corrected chi connectivity index (χ1v) is 17.9. The van der Waals surface area contributed by atoms with Crippen molar-refractivity contribution in [1.29, 1.82) is 0 Å². The smallest absolute Gasteiger partial charge is 0.105 e. The summed E-state index contributed by atoms with van der Waals surface area (Å²) in [6.07, 6.45) is 0.933. The molecule has 5 unspecified atom stereocenters. The van der Waals surface area contributed by atoms with Crippen LogP contribution >= 0.6 is 24.4 Å². The Bertz CT molecular complexity index is 1770. The Hall–Kier alpha value is -3.66. The van der Waals surface area contributed by atoms with Crippen LogP contribution in [0.5, 0.6) is 0 Å². The molecule has 6 rings (SSSR count). The molecule has 0 radical (unpaired) electrons. The van der Waals surface area contributed by atoms with Gasteiger partial charge in [-0.05, 0) is 107 Å². The van der Waals surface area contributed by atoms with Crippen LogP contribution < -0.4 is 5.73 Å². The molecule has 0 bridgehead atoms. The van der Waals surface area contributed by atoms with Gasteiger partial charge in [-0.1, -0.05) is 144 Å². The van der Waals surface area contributed by atoms with Gasteiger partial charge < -0.3 is 5.73 Å². The first-order valence-electron chi connectivity index (χ1n) is 17.1. The SMILES string of the molecule is C=C.C=C.C=C1C2=C(C)C3(C)C(=S)C(C(N)=S)=C(C)CC3(C)C(C)C2C(C)c2c(-c3ccccc3)cc(-c3ccccc3)c(C)c21.CC. The number of benzene rings is 3. The highest BCUT2D eigenvalue weighted by atomic mass is 32.1. The van der Waals surface area contributed by atoms with Gasteiger partial charge in [0, 0.05) is 15.9 Å². The average molecular weight is 674 g/mol. The highest BCUT2D eigenvalue weighted by Crippen LogP contribution is 2.69. The molecule has 0 amide bonds. The van der Waals surface area contributed by atoms with E-state index in [0.29, 0.717) is 22.7 Å². The van der Waals surface area contributed by atoms with Crippen LogP contribution in [0.2, 0.25) is 0 Å². The molecule has 0 fully saturated rings. The van der Waals surface area contributed by atoms with Gasteiger partial charge in [-0.2, -0.15) is 0 Å². The molecule has 5 atom stereocenters. The summed E-state index contributed by atoms with van der Waals surface area (Å²) in [6, 6.07) is 24.1. The molecule has 0 aliphatic heterocycles. The maximum absolute atomic E-state index is 6.34. The van der Waals surface area contributed by atoms with Gasteiger partial charge in [0.05, 0.1) is 0 Å². The van der Waals surface area contributed by atoms with Crippen LogP contribution in [0, 0.1) is 29.6 Å². The number of fused-ring (bicyclic) bond motifs is 3. The standard InChI is InChI=1S/C39H41NS2.C2H6.2C2H4/c1-21-20-38(7)25(5)33-24(4)35-30(28-17-13-10-14-18-28)19-29(27-15-11-9-12-16-27)22(2)32(35)23(3)34(33)26(6)39(38,8)36(41)31(21)37(40)42;3*1-2/h9-19,24-25,33H,3,20H2,1-2,4-8H3,(H2,40,42);1-2H3;2*1-2H2. The molecule has 0 saturated heterocycles. The lowest BCUT2D eigenvalue weighted by Gasteiger charge is -2.62. The highest BCUT2D eigenvalue weighted by molar-refractivity contribution is 7.83. The Morgan fingerprint density at radius 3 is 1.79 bits per heavy atom. The summed E-state index contributed by atoms with van der Waals surface area (Å²) in [4.78, 5) is 1.33. The third kappa shape index (κ3) is 5.73. The minimum atomic E-state index is -0.348. The summed E-state index contributed by atoms with van der Waals surface area (Å²) in [6.45, 7) is 37.4. The Morgan fingerprint density at radius 2 is 1.31 bits per heavy atom. The number of nitrogens with two attached hydrogens (primary N) is 1. The molecule has 3 aromatic carbocycles. The number of thiocarbonyl (C=S) groups is 2. The quantitative estimate of drug-likeness (QED) is 0.221. The molecule has 252 valence electrons. The molecule has 48 heavy (non-hydrogen) atoms. The lowest BCUT2D eigenvalue weighted by molar-refractivity contribution is 0.0377. The molecular weight excluding hydrogens is 619 g/mol. The first-order chi connectivity index (χ1) is 22.9. The molecule has 0 saturated carbocycles. The van der Waals surface area contributed by atoms with Crippen molar-refractivity contribution in [2.45, 2.75) is 74.7 Å². The number of rotatable bonds is 3. The molecule has 2 N–H and O–H groups in total. The Labute approximate surface area is 302 Å². The van der Waals surface area contributed by atoms with Crippen LogP contribution in [-0.4, -0.2) is 9.85 Å². The van der Waals surface area contributed by atoms with Gasteiger partial charge in [0.15, 0.2) is 0 Å². The summed E-state index contributed by atoms with van der Waals surface area (Å²) in [5.74, 6) is 0.995. The molecule has 3 aromatic rings. The number of allylic oxidation sites excluding steroid dienone is 4. The van der Waals surface area contributed by atoms with Gasteiger partial charge in [-0.3, -0.25) is 0 Å². The monoisotopic (exact) mass is 673 g/mol. The maximum atomic E-state index is 6.34. The van der Waals surface area contributed by atoms with Gasteiger partial charge >= 0.3 is 0 Å². The molecule has 1 nitrogen and oxygen atoms in total. The van der Waals surface area contributed by atoms with Crippen LogP contribution in [0.15, 0.2) is 122 Å². The van der Waals surface area contributed by atoms with Crippen molar-refractivity contribution in [3.8, 4) is 22.3 Å². The lowest BCUT2D eigenvalue weighted by Crippen LogP contribution is -2.58. The van der Waals surface area contributed by atoms with Crippen LogP contribution in [-0.2, 0) is 0 Å². The predicted octanol–water partition coefficient (Wildman–Crippen LogP) is 13.1. The summed E-state index contributed by atoms with van der Waals surface area (Å²) in [7, 11) is 0. The van der Waals surface area contributed by atoms with E-state index in [1.807, 2.05) is 13.8 Å². The summed E-state index contributed by atoms with van der Waals surface area (Å²) in [5, 5.41) is 0. The molecule has 3 aliphatic carbocycles. The van der Waals surface area contributed by atoms with E-state index in [0.717, 1.165) is 22.4 Å². The summed E-state index contributed by atoms with van der Waals surface area (Å²) in [5.41, 5.74) is 21.0. The van der Waals surface area contributed by atoms with Crippen molar-refractivity contribution in [3.05, 3.63) is 139 Å². The maximum Gasteiger partial charge on any atom is 0.105 e. The van der Waals surface area contributed by atoms with Crippen LogP contribution in [0.4, 0.5) is 0 Å². The van der Waals surface area contributed by atoms with Crippen LogP contribution in [0.25, 0.3) is 27.8 Å². The van der Waals surface area contributed by atoms with Crippen LogP contribution in [0.1, 0.15) is 84.4 Å². The van der Waals surface area contributed by atoms with Crippen molar-refractivity contribution in [1.82, 2.24) is 0 Å². The topological polar surface area (TPSA) is 26.0 Å². The van der Waals surface area contributed by atoms with E-state index in [2.05, 4.69) is 142 Å². The Kier molecular flexibility index (Phi) is 12.3.